The Balaban J connectivity index is 2.35. The molecule has 3 nitrogen and oxygen atoms in total. The summed E-state index contributed by atoms with van der Waals surface area (Å²) in [5, 5.41) is 0. The third kappa shape index (κ3) is 3.94. The van der Waals surface area contributed by atoms with Crippen LogP contribution < -0.4 is 5.73 Å². The number of nitrogens with two attached hydrogens (primary N) is 1. The summed E-state index contributed by atoms with van der Waals surface area (Å²) in [6.07, 6.45) is 6.28. The molecule has 0 fully saturated rings. The summed E-state index contributed by atoms with van der Waals surface area (Å²) in [4.78, 5) is 0. The molecule has 0 saturated heterocycles. The van der Waals surface area contributed by atoms with Gasteiger partial charge < -0.3 is 15.0 Å². The van der Waals surface area contributed by atoms with Crippen molar-refractivity contribution in [1.82, 2.24) is 4.57 Å². The van der Waals surface area contributed by atoms with E-state index >= 15 is 0 Å². The molecule has 1 aromatic rings. The lowest BCUT2D eigenvalue weighted by Gasteiger charge is -2.03. The van der Waals surface area contributed by atoms with Crippen molar-refractivity contribution >= 4 is 0 Å². The van der Waals surface area contributed by atoms with Crippen LogP contribution in [0.1, 0.15) is 18.9 Å². The third-order valence-corrected chi connectivity index (χ3v) is 2.13. The standard InChI is InChI=1S/C11H20N2O/c1-10(12)8-11-4-6-13(9-11)5-3-7-14-2/h4,6,9-10H,3,5,7-8,12H2,1-2H3. The Labute approximate surface area is 85.9 Å². The summed E-state index contributed by atoms with van der Waals surface area (Å²) in [6.45, 7) is 3.87. The molecule has 1 atom stereocenters. The molecule has 0 amide bonds. The van der Waals surface area contributed by atoms with Gasteiger partial charge in [-0.1, -0.05) is 0 Å². The first kappa shape index (κ1) is 11.3. The average Bonchev–Trinajstić information content (AvgIpc) is 2.52. The van der Waals surface area contributed by atoms with Crippen LogP contribution >= 0.6 is 0 Å². The maximum atomic E-state index is 5.73. The van der Waals surface area contributed by atoms with Crippen LogP contribution in [-0.2, 0) is 17.7 Å². The molecule has 2 N–H and O–H groups in total. The van der Waals surface area contributed by atoms with Crippen LogP contribution in [0.3, 0.4) is 0 Å². The second-order valence-electron chi connectivity index (χ2n) is 3.79. The van der Waals surface area contributed by atoms with Gasteiger partial charge in [0.05, 0.1) is 0 Å². The van der Waals surface area contributed by atoms with Crippen LogP contribution in [0, 0.1) is 0 Å². The van der Waals surface area contributed by atoms with Crippen molar-refractivity contribution in [1.29, 1.82) is 0 Å². The van der Waals surface area contributed by atoms with Crippen LogP contribution in [-0.4, -0.2) is 24.3 Å². The fourth-order valence-corrected chi connectivity index (χ4v) is 1.51. The van der Waals surface area contributed by atoms with Gasteiger partial charge in [-0.15, -0.1) is 0 Å². The number of methoxy groups -OCH3 is 1. The van der Waals surface area contributed by atoms with E-state index in [2.05, 4.69) is 23.0 Å². The molecule has 0 radical (unpaired) electrons. The summed E-state index contributed by atoms with van der Waals surface area (Å²) in [5.74, 6) is 0. The number of aromatic nitrogens is 1. The van der Waals surface area contributed by atoms with Gasteiger partial charge in [-0.2, -0.15) is 0 Å². The first-order valence-corrected chi connectivity index (χ1v) is 5.11. The van der Waals surface area contributed by atoms with Gasteiger partial charge in [0.15, 0.2) is 0 Å². The van der Waals surface area contributed by atoms with Gasteiger partial charge in [0.25, 0.3) is 0 Å². The smallest absolute Gasteiger partial charge is 0.0479 e. The van der Waals surface area contributed by atoms with E-state index in [0.29, 0.717) is 0 Å². The summed E-state index contributed by atoms with van der Waals surface area (Å²) >= 11 is 0. The molecule has 1 rings (SSSR count). The summed E-state index contributed by atoms with van der Waals surface area (Å²) in [5.41, 5.74) is 7.04. The Morgan fingerprint density at radius 1 is 1.57 bits per heavy atom. The minimum absolute atomic E-state index is 0.241. The van der Waals surface area contributed by atoms with Crippen molar-refractivity contribution in [3.63, 3.8) is 0 Å². The molecule has 1 unspecified atom stereocenters. The summed E-state index contributed by atoms with van der Waals surface area (Å²) in [6, 6.07) is 2.38. The van der Waals surface area contributed by atoms with Gasteiger partial charge in [-0.3, -0.25) is 0 Å². The van der Waals surface area contributed by atoms with Crippen molar-refractivity contribution in [3.05, 3.63) is 24.0 Å². The summed E-state index contributed by atoms with van der Waals surface area (Å²) < 4.78 is 7.19. The Morgan fingerprint density at radius 2 is 2.36 bits per heavy atom. The predicted octanol–water partition coefficient (Wildman–Crippen LogP) is 1.41. The van der Waals surface area contributed by atoms with E-state index in [0.717, 1.165) is 26.0 Å². The summed E-state index contributed by atoms with van der Waals surface area (Å²) in [7, 11) is 1.73. The SMILES string of the molecule is COCCCn1ccc(CC(C)N)c1. The highest BCUT2D eigenvalue weighted by molar-refractivity contribution is 5.11. The lowest BCUT2D eigenvalue weighted by atomic mass is 10.1. The molecule has 1 aromatic heterocycles. The molecule has 80 valence electrons. The first-order valence-electron chi connectivity index (χ1n) is 5.11. The molecule has 3 heteroatoms. The number of aryl methyl sites for hydroxylation is 1. The minimum atomic E-state index is 0.241. The third-order valence-electron chi connectivity index (χ3n) is 2.13. The lowest BCUT2D eigenvalue weighted by molar-refractivity contribution is 0.190. The van der Waals surface area contributed by atoms with Gasteiger partial charge in [0, 0.05) is 38.7 Å². The second kappa shape index (κ2) is 5.83. The topological polar surface area (TPSA) is 40.2 Å². The first-order chi connectivity index (χ1) is 6.72. The zero-order valence-electron chi connectivity index (χ0n) is 9.07. The van der Waals surface area contributed by atoms with E-state index in [-0.39, 0.29) is 6.04 Å². The Hall–Kier alpha value is -0.800. The highest BCUT2D eigenvalue weighted by Crippen LogP contribution is 2.04. The molecule has 0 aromatic carbocycles. The maximum absolute atomic E-state index is 5.73. The van der Waals surface area contributed by atoms with Crippen molar-refractivity contribution in [2.24, 2.45) is 5.73 Å². The van der Waals surface area contributed by atoms with Crippen molar-refractivity contribution in [2.75, 3.05) is 13.7 Å². The van der Waals surface area contributed by atoms with Gasteiger partial charge in [-0.05, 0) is 31.4 Å². The molecule has 14 heavy (non-hydrogen) atoms. The number of nitrogens with zero attached hydrogens (tertiary/aromatic N) is 1. The largest absolute Gasteiger partial charge is 0.385 e. The van der Waals surface area contributed by atoms with Crippen LogP contribution in [0.4, 0.5) is 0 Å². The van der Waals surface area contributed by atoms with Crippen molar-refractivity contribution in [3.8, 4) is 0 Å². The average molecular weight is 196 g/mol. The molecule has 0 aliphatic carbocycles. The molecule has 0 bridgehead atoms. The number of rotatable bonds is 6. The molecule has 0 aliphatic rings. The van der Waals surface area contributed by atoms with Crippen LogP contribution in [0.25, 0.3) is 0 Å². The van der Waals surface area contributed by atoms with Crippen LogP contribution in [0.15, 0.2) is 18.5 Å². The van der Waals surface area contributed by atoms with Gasteiger partial charge in [-0.25, -0.2) is 0 Å². The van der Waals surface area contributed by atoms with Gasteiger partial charge in [0.2, 0.25) is 0 Å². The Bertz CT molecular complexity index is 256. The zero-order valence-corrected chi connectivity index (χ0v) is 9.07. The molecule has 1 heterocycles. The predicted molar refractivity (Wildman–Crippen MR) is 58.3 cm³/mol. The number of hydrogen-bond donors (Lipinski definition) is 1. The van der Waals surface area contributed by atoms with Crippen LogP contribution in [0.5, 0.6) is 0 Å². The fourth-order valence-electron chi connectivity index (χ4n) is 1.51. The second-order valence-corrected chi connectivity index (χ2v) is 3.79. The monoisotopic (exact) mass is 196 g/mol. The minimum Gasteiger partial charge on any atom is -0.385 e. The van der Waals surface area contributed by atoms with Crippen molar-refractivity contribution in [2.45, 2.75) is 32.4 Å². The van der Waals surface area contributed by atoms with E-state index in [9.17, 15) is 0 Å². The Kier molecular flexibility index (Phi) is 4.70. The molecule has 0 spiro atoms. The fraction of sp³-hybridized carbons (Fsp3) is 0.636. The highest BCUT2D eigenvalue weighted by atomic mass is 16.5. The molecular weight excluding hydrogens is 176 g/mol. The van der Waals surface area contributed by atoms with Crippen molar-refractivity contribution < 1.29 is 4.74 Å². The number of ether oxygens (including phenoxy) is 1. The molecule has 0 saturated carbocycles. The van der Waals surface area contributed by atoms with E-state index < -0.39 is 0 Å². The van der Waals surface area contributed by atoms with E-state index in [4.69, 9.17) is 10.5 Å². The van der Waals surface area contributed by atoms with Gasteiger partial charge in [0.1, 0.15) is 0 Å². The van der Waals surface area contributed by atoms with Gasteiger partial charge >= 0.3 is 0 Å². The van der Waals surface area contributed by atoms with Crippen LogP contribution in [0.2, 0.25) is 0 Å². The van der Waals surface area contributed by atoms with E-state index in [1.807, 2.05) is 6.92 Å². The zero-order chi connectivity index (χ0) is 10.4. The normalized spacial score (nSPS) is 13.1. The quantitative estimate of drug-likeness (QED) is 0.699. The highest BCUT2D eigenvalue weighted by Gasteiger charge is 1.99. The van der Waals surface area contributed by atoms with E-state index in [1.54, 1.807) is 7.11 Å². The lowest BCUT2D eigenvalue weighted by Crippen LogP contribution is -2.17. The maximum Gasteiger partial charge on any atom is 0.0479 e. The Morgan fingerprint density at radius 3 is 3.00 bits per heavy atom. The van der Waals surface area contributed by atoms with E-state index in [1.165, 1.54) is 5.56 Å². The number of hydrogen-bond acceptors (Lipinski definition) is 2. The molecular formula is C11H20N2O. The molecule has 0 aliphatic heterocycles.